The number of likely N-dealkylation sites (N-methyl/N-ethyl adjacent to an activating group) is 1. The quantitative estimate of drug-likeness (QED) is 0.154. The summed E-state index contributed by atoms with van der Waals surface area (Å²) >= 11 is 10.5. The van der Waals surface area contributed by atoms with Crippen molar-refractivity contribution in [3.8, 4) is 22.6 Å². The summed E-state index contributed by atoms with van der Waals surface area (Å²) in [5.41, 5.74) is 2.72. The Morgan fingerprint density at radius 1 is 1.13 bits per heavy atom. The number of nitrogens with one attached hydrogen (secondary N) is 1. The highest BCUT2D eigenvalue weighted by Crippen LogP contribution is 2.45. The molecule has 1 atom stereocenters. The lowest BCUT2D eigenvalue weighted by Gasteiger charge is -2.32. The Balaban J connectivity index is 1.40. The molecule has 2 aromatic carbocycles. The summed E-state index contributed by atoms with van der Waals surface area (Å²) in [4.78, 5) is 26.5. The average Bonchev–Trinajstić information content (AvgIpc) is 3.35. The highest BCUT2D eigenvalue weighted by Gasteiger charge is 2.30. The van der Waals surface area contributed by atoms with Crippen LogP contribution in [0.25, 0.3) is 21.3 Å². The smallest absolute Gasteiger partial charge is 0.422 e. The molecule has 1 aliphatic rings. The number of carboxylic acids is 1. The summed E-state index contributed by atoms with van der Waals surface area (Å²) in [6, 6.07) is 8.59. The normalized spacial score (nSPS) is 15.2. The first kappa shape index (κ1) is 34.4. The van der Waals surface area contributed by atoms with Gasteiger partial charge in [0.2, 0.25) is 0 Å². The number of carboxylic acid groups (broad SMARTS) is 1. The number of halogens is 5. The van der Waals surface area contributed by atoms with Crippen molar-refractivity contribution < 1.29 is 32.5 Å². The topological polar surface area (TPSA) is 100 Å². The van der Waals surface area contributed by atoms with Crippen LogP contribution in [0.3, 0.4) is 0 Å². The minimum absolute atomic E-state index is 0.0393. The molecule has 0 unspecified atom stereocenters. The number of aliphatic carboxylic acids is 1. The number of piperazine rings is 1. The van der Waals surface area contributed by atoms with Crippen LogP contribution in [0.1, 0.15) is 11.1 Å². The van der Waals surface area contributed by atoms with E-state index in [1.54, 1.807) is 6.07 Å². The maximum atomic E-state index is 12.8. The number of nitrogens with zero attached hydrogens (tertiary/aromatic N) is 4. The number of para-hydroxylation sites is 1. The number of hydrogen-bond acceptors (Lipinski definition) is 9. The van der Waals surface area contributed by atoms with E-state index in [0.717, 1.165) is 52.3 Å². The van der Waals surface area contributed by atoms with E-state index in [4.69, 9.17) is 21.1 Å². The van der Waals surface area contributed by atoms with E-state index in [1.807, 2.05) is 19.1 Å². The van der Waals surface area contributed by atoms with Crippen LogP contribution in [0, 0.1) is 9.81 Å². The first-order valence-electron chi connectivity index (χ1n) is 14.4. The molecular formula is C31H32ClF3IN5O4S. The van der Waals surface area contributed by atoms with Gasteiger partial charge in [-0.15, -0.1) is 11.3 Å². The predicted octanol–water partition coefficient (Wildman–Crippen LogP) is 6.60. The number of rotatable bonds is 12. The van der Waals surface area contributed by atoms with Gasteiger partial charge in [-0.05, 0) is 65.4 Å². The van der Waals surface area contributed by atoms with Crippen molar-refractivity contribution in [3.05, 3.63) is 61.8 Å². The molecule has 0 amide bonds. The third-order valence-electron chi connectivity index (χ3n) is 7.72. The van der Waals surface area contributed by atoms with Gasteiger partial charge in [0.05, 0.1) is 13.3 Å². The van der Waals surface area contributed by atoms with Crippen molar-refractivity contribution in [1.82, 2.24) is 19.8 Å². The Hall–Kier alpha value is -2.92. The van der Waals surface area contributed by atoms with Crippen LogP contribution in [0.4, 0.5) is 19.0 Å². The molecule has 0 aliphatic carbocycles. The van der Waals surface area contributed by atoms with Gasteiger partial charge in [0.1, 0.15) is 41.1 Å². The van der Waals surface area contributed by atoms with Crippen LogP contribution in [0.15, 0.2) is 42.7 Å². The minimum Gasteiger partial charge on any atom is -0.491 e. The van der Waals surface area contributed by atoms with Crippen LogP contribution in [0.2, 0.25) is 5.02 Å². The van der Waals surface area contributed by atoms with Gasteiger partial charge >= 0.3 is 12.1 Å². The Kier molecular flexibility index (Phi) is 11.1. The Morgan fingerprint density at radius 3 is 2.59 bits per heavy atom. The Bertz CT molecular complexity index is 1700. The maximum absolute atomic E-state index is 12.8. The number of thiophene rings is 1. The summed E-state index contributed by atoms with van der Waals surface area (Å²) in [6.07, 6.45) is -3.35. The molecule has 5 rings (SSSR count). The molecule has 15 heteroatoms. The number of carbonyl (C=O) groups is 1. The van der Waals surface area contributed by atoms with Crippen LogP contribution >= 0.6 is 45.5 Å². The van der Waals surface area contributed by atoms with Gasteiger partial charge in [0, 0.05) is 44.7 Å². The van der Waals surface area contributed by atoms with Gasteiger partial charge in [-0.1, -0.05) is 35.9 Å². The molecule has 246 valence electrons. The number of aromatic nitrogens is 2. The minimum atomic E-state index is -4.54. The van der Waals surface area contributed by atoms with Gasteiger partial charge in [-0.3, -0.25) is 4.90 Å². The van der Waals surface area contributed by atoms with Crippen molar-refractivity contribution in [2.45, 2.75) is 25.6 Å². The molecule has 1 fully saturated rings. The Labute approximate surface area is 286 Å². The van der Waals surface area contributed by atoms with E-state index in [1.165, 1.54) is 35.9 Å². The number of fused-ring (bicyclic) bond motifs is 1. The number of ether oxygens (including phenoxy) is 2. The number of anilines is 1. The second-order valence-electron chi connectivity index (χ2n) is 10.9. The van der Waals surface area contributed by atoms with Crippen molar-refractivity contribution in [2.75, 3.05) is 58.3 Å². The zero-order valence-corrected chi connectivity index (χ0v) is 28.8. The third kappa shape index (κ3) is 8.32. The molecule has 0 saturated carbocycles. The molecule has 4 aromatic rings. The van der Waals surface area contributed by atoms with Crippen molar-refractivity contribution in [1.29, 1.82) is 0 Å². The van der Waals surface area contributed by atoms with Crippen molar-refractivity contribution in [3.63, 3.8) is 0 Å². The molecule has 0 radical (unpaired) electrons. The van der Waals surface area contributed by atoms with E-state index in [0.29, 0.717) is 33.2 Å². The molecule has 1 saturated heterocycles. The fraction of sp³-hybridized carbons (Fsp3) is 0.387. The van der Waals surface area contributed by atoms with E-state index >= 15 is 0 Å². The zero-order valence-electron chi connectivity index (χ0n) is 25.0. The highest BCUT2D eigenvalue weighted by molar-refractivity contribution is 14.1. The van der Waals surface area contributed by atoms with E-state index in [9.17, 15) is 23.1 Å². The number of alkyl halides is 3. The summed E-state index contributed by atoms with van der Waals surface area (Å²) in [5, 5.41) is 14.2. The van der Waals surface area contributed by atoms with Crippen LogP contribution < -0.4 is 14.8 Å². The van der Waals surface area contributed by atoms with Crippen LogP contribution in [0.5, 0.6) is 11.5 Å². The molecule has 9 nitrogen and oxygen atoms in total. The fourth-order valence-corrected chi connectivity index (χ4v) is 7.50. The molecule has 3 heterocycles. The van der Waals surface area contributed by atoms with Gasteiger partial charge < -0.3 is 24.8 Å². The summed E-state index contributed by atoms with van der Waals surface area (Å²) in [6.45, 7) is 5.76. The molecular weight excluding hydrogens is 758 g/mol. The van der Waals surface area contributed by atoms with E-state index < -0.39 is 24.8 Å². The zero-order chi connectivity index (χ0) is 33.0. The average molecular weight is 790 g/mol. The van der Waals surface area contributed by atoms with Crippen LogP contribution in [-0.2, 0) is 11.2 Å². The molecule has 1 aliphatic heterocycles. The van der Waals surface area contributed by atoms with Crippen molar-refractivity contribution in [2.24, 2.45) is 0 Å². The SMILES string of the molecule is Cc1c(-c2c(I)sc3ncnc(N[C@H](Cc4ccccc4OCC(F)(F)F)C(=O)O)c23)ccc(OCCN2CCN(C)CC2)c1Cl. The predicted molar refractivity (Wildman–Crippen MR) is 181 cm³/mol. The van der Waals surface area contributed by atoms with Gasteiger partial charge in [0.15, 0.2) is 6.61 Å². The fourth-order valence-electron chi connectivity index (χ4n) is 5.21. The van der Waals surface area contributed by atoms with Gasteiger partial charge in [-0.2, -0.15) is 13.2 Å². The maximum Gasteiger partial charge on any atom is 0.422 e. The highest BCUT2D eigenvalue weighted by atomic mass is 127. The molecule has 0 bridgehead atoms. The molecule has 2 N–H and O–H groups in total. The van der Waals surface area contributed by atoms with Crippen molar-refractivity contribution >= 4 is 67.5 Å². The lowest BCUT2D eigenvalue weighted by molar-refractivity contribution is -0.153. The Morgan fingerprint density at radius 2 is 1.87 bits per heavy atom. The lowest BCUT2D eigenvalue weighted by atomic mass is 10.00. The first-order valence-corrected chi connectivity index (χ1v) is 16.7. The van der Waals surface area contributed by atoms with E-state index in [-0.39, 0.29) is 18.0 Å². The third-order valence-corrected chi connectivity index (χ3v) is 10.3. The molecule has 0 spiro atoms. The number of hydrogen-bond donors (Lipinski definition) is 2. The summed E-state index contributed by atoms with van der Waals surface area (Å²) in [5.74, 6) is -0.384. The largest absolute Gasteiger partial charge is 0.491 e. The standard InChI is InChI=1S/C31H32ClF3IN5O4S/c1-18-20(7-8-23(26(18)32)44-14-13-41-11-9-40(2)10-12-41)24-25-28(37-17-38-29(25)46-27(24)36)39-21(30(42)43)15-19-5-3-4-6-22(19)45-16-31(33,34)35/h3-8,17,21H,9-16H2,1-2H3,(H,42,43)(H,37,38,39)/t21-/m1/s1. The van der Waals surface area contributed by atoms with E-state index in [2.05, 4.69) is 54.7 Å². The molecule has 46 heavy (non-hydrogen) atoms. The van der Waals surface area contributed by atoms with Gasteiger partial charge in [-0.25, -0.2) is 14.8 Å². The lowest BCUT2D eigenvalue weighted by Crippen LogP contribution is -2.45. The monoisotopic (exact) mass is 789 g/mol. The van der Waals surface area contributed by atoms with Crippen LogP contribution in [-0.4, -0.2) is 96.0 Å². The van der Waals surface area contributed by atoms with Gasteiger partial charge in [0.25, 0.3) is 0 Å². The second-order valence-corrected chi connectivity index (χ2v) is 14.1. The summed E-state index contributed by atoms with van der Waals surface area (Å²) < 4.78 is 50.4. The first-order chi connectivity index (χ1) is 21.9. The molecule has 2 aromatic heterocycles. The second kappa shape index (κ2) is 14.9. The summed E-state index contributed by atoms with van der Waals surface area (Å²) in [7, 11) is 2.12. The number of benzene rings is 2.